The Morgan fingerprint density at radius 3 is 3.00 bits per heavy atom. The fourth-order valence-corrected chi connectivity index (χ4v) is 0.917. The second-order valence-electron chi connectivity index (χ2n) is 2.38. The van der Waals surface area contributed by atoms with Crippen LogP contribution in [0.5, 0.6) is 0 Å². The lowest BCUT2D eigenvalue weighted by Crippen LogP contribution is -2.02. The molecule has 0 bridgehead atoms. The van der Waals surface area contributed by atoms with Gasteiger partial charge < -0.3 is 10.8 Å². The Balaban J connectivity index is 2.72. The van der Waals surface area contributed by atoms with Gasteiger partial charge in [-0.1, -0.05) is 0 Å². The summed E-state index contributed by atoms with van der Waals surface area (Å²) in [6.07, 6.45) is 2.52. The minimum atomic E-state index is -1.07. The van der Waals surface area contributed by atoms with Crippen LogP contribution >= 0.6 is 0 Å². The van der Waals surface area contributed by atoms with Crippen LogP contribution in [0, 0.1) is 0 Å². The third kappa shape index (κ3) is 1.06. The number of nitrogens with zero attached hydrogens (tertiary/aromatic N) is 4. The van der Waals surface area contributed by atoms with Crippen LogP contribution in [-0.2, 0) is 0 Å². The number of carbonyl (C=O) groups is 1. The molecule has 0 unspecified atom stereocenters. The molecular formula is C6H5N5O2. The highest BCUT2D eigenvalue weighted by Crippen LogP contribution is 2.04. The number of anilines is 1. The molecule has 0 radical (unpaired) electrons. The average molecular weight is 179 g/mol. The van der Waals surface area contributed by atoms with Crippen molar-refractivity contribution in [3.05, 3.63) is 18.0 Å². The van der Waals surface area contributed by atoms with Crippen LogP contribution in [0.2, 0.25) is 0 Å². The summed E-state index contributed by atoms with van der Waals surface area (Å²) in [7, 11) is 0. The summed E-state index contributed by atoms with van der Waals surface area (Å²) in [5.41, 5.74) is 5.44. The molecule has 2 aromatic heterocycles. The second kappa shape index (κ2) is 2.41. The Bertz CT molecular complexity index is 477. The van der Waals surface area contributed by atoms with Crippen molar-refractivity contribution in [1.29, 1.82) is 0 Å². The van der Waals surface area contributed by atoms with Crippen molar-refractivity contribution >= 4 is 17.7 Å². The lowest BCUT2D eigenvalue weighted by Gasteiger charge is -1.95. The van der Waals surface area contributed by atoms with Crippen LogP contribution < -0.4 is 5.73 Å². The molecule has 2 aromatic rings. The standard InChI is InChI=1S/C6H5N5O2/c7-5-9-10-6-8-1-3(4(12)13)2-11(5)6/h1-2H,(H2,7,9)(H,12,13). The van der Waals surface area contributed by atoms with Crippen molar-refractivity contribution in [3.8, 4) is 0 Å². The molecule has 2 heterocycles. The Hall–Kier alpha value is -2.18. The molecule has 13 heavy (non-hydrogen) atoms. The number of carboxylic acid groups (broad SMARTS) is 1. The van der Waals surface area contributed by atoms with E-state index in [0.29, 0.717) is 0 Å². The fraction of sp³-hybridized carbons (Fsp3) is 0. The smallest absolute Gasteiger partial charge is 0.338 e. The zero-order chi connectivity index (χ0) is 9.42. The van der Waals surface area contributed by atoms with Gasteiger partial charge in [-0.15, -0.1) is 10.2 Å². The summed E-state index contributed by atoms with van der Waals surface area (Å²) in [5, 5.41) is 15.8. The molecule has 0 spiro atoms. The molecule has 0 saturated carbocycles. The number of nitrogens with two attached hydrogens (primary N) is 1. The predicted octanol–water partition coefficient (Wildman–Crippen LogP) is -0.595. The van der Waals surface area contributed by atoms with Gasteiger partial charge in [-0.2, -0.15) is 0 Å². The van der Waals surface area contributed by atoms with E-state index in [9.17, 15) is 4.79 Å². The summed E-state index contributed by atoms with van der Waals surface area (Å²) in [4.78, 5) is 14.3. The summed E-state index contributed by atoms with van der Waals surface area (Å²) >= 11 is 0. The number of hydrogen-bond donors (Lipinski definition) is 2. The molecule has 0 fully saturated rings. The molecule has 0 saturated heterocycles. The number of hydrogen-bond acceptors (Lipinski definition) is 5. The predicted molar refractivity (Wildman–Crippen MR) is 42.2 cm³/mol. The molecule has 66 valence electrons. The number of fused-ring (bicyclic) bond motifs is 1. The van der Waals surface area contributed by atoms with Gasteiger partial charge in [0.2, 0.25) is 5.95 Å². The van der Waals surface area contributed by atoms with Gasteiger partial charge in [0.25, 0.3) is 5.78 Å². The Kier molecular flexibility index (Phi) is 1.38. The van der Waals surface area contributed by atoms with Crippen molar-refractivity contribution in [3.63, 3.8) is 0 Å². The monoisotopic (exact) mass is 179 g/mol. The molecule has 0 aliphatic heterocycles. The van der Waals surface area contributed by atoms with Crippen LogP contribution in [0.4, 0.5) is 5.95 Å². The van der Waals surface area contributed by atoms with E-state index in [2.05, 4.69) is 15.2 Å². The van der Waals surface area contributed by atoms with Crippen molar-refractivity contribution < 1.29 is 9.90 Å². The van der Waals surface area contributed by atoms with Crippen molar-refractivity contribution in [2.24, 2.45) is 0 Å². The molecule has 0 aliphatic carbocycles. The van der Waals surface area contributed by atoms with E-state index in [0.717, 1.165) is 0 Å². The maximum absolute atomic E-state index is 10.5. The van der Waals surface area contributed by atoms with Gasteiger partial charge in [-0.05, 0) is 0 Å². The van der Waals surface area contributed by atoms with E-state index in [-0.39, 0.29) is 17.3 Å². The van der Waals surface area contributed by atoms with Gasteiger partial charge in [-0.25, -0.2) is 9.78 Å². The minimum Gasteiger partial charge on any atom is -0.478 e. The van der Waals surface area contributed by atoms with E-state index in [1.807, 2.05) is 0 Å². The van der Waals surface area contributed by atoms with Gasteiger partial charge in [0.15, 0.2) is 0 Å². The summed E-state index contributed by atoms with van der Waals surface area (Å²) in [6.45, 7) is 0. The van der Waals surface area contributed by atoms with Crippen LogP contribution in [0.25, 0.3) is 5.78 Å². The number of rotatable bonds is 1. The van der Waals surface area contributed by atoms with Gasteiger partial charge in [0.05, 0.1) is 5.56 Å². The number of aromatic nitrogens is 4. The highest BCUT2D eigenvalue weighted by molar-refractivity contribution is 5.87. The van der Waals surface area contributed by atoms with E-state index in [1.54, 1.807) is 0 Å². The van der Waals surface area contributed by atoms with Crippen molar-refractivity contribution in [1.82, 2.24) is 19.6 Å². The fourth-order valence-electron chi connectivity index (χ4n) is 0.917. The lowest BCUT2D eigenvalue weighted by atomic mass is 10.3. The first kappa shape index (κ1) is 7.47. The highest BCUT2D eigenvalue weighted by atomic mass is 16.4. The van der Waals surface area contributed by atoms with Gasteiger partial charge in [0, 0.05) is 12.4 Å². The first-order valence-corrected chi connectivity index (χ1v) is 3.38. The molecule has 0 atom stereocenters. The molecule has 0 amide bonds. The number of nitrogen functional groups attached to an aromatic ring is 1. The second-order valence-corrected chi connectivity index (χ2v) is 2.38. The van der Waals surface area contributed by atoms with Crippen LogP contribution in [0.3, 0.4) is 0 Å². The first-order valence-electron chi connectivity index (χ1n) is 3.38. The third-order valence-electron chi connectivity index (χ3n) is 1.54. The summed E-state index contributed by atoms with van der Waals surface area (Å²) in [6, 6.07) is 0. The van der Waals surface area contributed by atoms with Crippen LogP contribution in [0.15, 0.2) is 12.4 Å². The van der Waals surface area contributed by atoms with Gasteiger partial charge in [0.1, 0.15) is 0 Å². The topological polar surface area (TPSA) is 106 Å². The van der Waals surface area contributed by atoms with E-state index in [1.165, 1.54) is 16.8 Å². The number of aromatic carboxylic acids is 1. The van der Waals surface area contributed by atoms with E-state index < -0.39 is 5.97 Å². The molecule has 0 aromatic carbocycles. The Labute approximate surface area is 71.8 Å². The quantitative estimate of drug-likeness (QED) is 0.605. The Morgan fingerprint density at radius 1 is 1.54 bits per heavy atom. The molecule has 0 aliphatic rings. The Morgan fingerprint density at radius 2 is 2.31 bits per heavy atom. The van der Waals surface area contributed by atoms with Crippen molar-refractivity contribution in [2.75, 3.05) is 5.73 Å². The summed E-state index contributed by atoms with van der Waals surface area (Å²) in [5.74, 6) is -0.671. The normalized spacial score (nSPS) is 10.5. The van der Waals surface area contributed by atoms with E-state index in [4.69, 9.17) is 10.8 Å². The van der Waals surface area contributed by atoms with Gasteiger partial charge in [-0.3, -0.25) is 4.40 Å². The molecule has 7 nitrogen and oxygen atoms in total. The minimum absolute atomic E-state index is 0.0407. The first-order chi connectivity index (χ1) is 6.18. The molecular weight excluding hydrogens is 174 g/mol. The maximum atomic E-state index is 10.5. The molecule has 7 heteroatoms. The zero-order valence-electron chi connectivity index (χ0n) is 6.38. The average Bonchev–Trinajstić information content (AvgIpc) is 2.47. The summed E-state index contributed by atoms with van der Waals surface area (Å²) < 4.78 is 1.31. The third-order valence-corrected chi connectivity index (χ3v) is 1.54. The molecule has 2 rings (SSSR count). The number of carboxylic acids is 1. The SMILES string of the molecule is Nc1nnc2ncc(C(=O)O)cn12. The lowest BCUT2D eigenvalue weighted by molar-refractivity contribution is 0.0696. The molecule has 3 N–H and O–H groups in total. The van der Waals surface area contributed by atoms with Gasteiger partial charge >= 0.3 is 5.97 Å². The maximum Gasteiger partial charge on any atom is 0.338 e. The zero-order valence-corrected chi connectivity index (χ0v) is 6.38. The largest absolute Gasteiger partial charge is 0.478 e. The van der Waals surface area contributed by atoms with Crippen LogP contribution in [-0.4, -0.2) is 30.7 Å². The van der Waals surface area contributed by atoms with Crippen LogP contribution in [0.1, 0.15) is 10.4 Å². The highest BCUT2D eigenvalue weighted by Gasteiger charge is 2.07. The van der Waals surface area contributed by atoms with E-state index >= 15 is 0 Å². The van der Waals surface area contributed by atoms with Crippen molar-refractivity contribution in [2.45, 2.75) is 0 Å².